The number of thiol groups is 1. The van der Waals surface area contributed by atoms with Crippen LogP contribution in [0.1, 0.15) is 32.4 Å². The zero-order valence-electron chi connectivity index (χ0n) is 18.5. The number of nitriles is 1. The van der Waals surface area contributed by atoms with Crippen molar-refractivity contribution in [2.75, 3.05) is 26.0 Å². The molecule has 1 rings (SSSR count). The normalized spacial score (nSPS) is 12.5. The minimum Gasteiger partial charge on any atom is -0.468 e. The molecule has 0 heterocycles. The minimum atomic E-state index is -1.24. The number of nitrogens with zero attached hydrogens (tertiary/aromatic N) is 2. The van der Waals surface area contributed by atoms with Crippen LogP contribution in [0, 0.1) is 11.3 Å². The third-order valence-corrected chi connectivity index (χ3v) is 4.37. The van der Waals surface area contributed by atoms with Crippen molar-refractivity contribution in [2.24, 2.45) is 0 Å². The van der Waals surface area contributed by atoms with Crippen LogP contribution in [0.3, 0.4) is 0 Å². The highest BCUT2D eigenvalue weighted by molar-refractivity contribution is 7.80. The van der Waals surface area contributed by atoms with Crippen LogP contribution in [0.25, 0.3) is 0 Å². The fraction of sp³-hybridized carbons (Fsp3) is 0.476. The quantitative estimate of drug-likeness (QED) is 0.284. The molecule has 2 atom stereocenters. The molecular weight excluding hydrogens is 436 g/mol. The molecule has 0 saturated heterocycles. The SMILES string of the molecule is COC(=O)CNC(=O)C(c1ccccc1)N(CC#N)C(=O)C(CS)NC(=O)OC(C)(C)C. The Balaban J connectivity index is 3.24. The average molecular weight is 465 g/mol. The van der Waals surface area contributed by atoms with Crippen LogP contribution in [0.4, 0.5) is 4.79 Å². The lowest BCUT2D eigenvalue weighted by Crippen LogP contribution is -2.54. The van der Waals surface area contributed by atoms with Gasteiger partial charge >= 0.3 is 12.1 Å². The molecule has 0 fully saturated rings. The second kappa shape index (κ2) is 12.6. The van der Waals surface area contributed by atoms with Gasteiger partial charge in [0.1, 0.15) is 30.8 Å². The Morgan fingerprint density at radius 1 is 1.19 bits per heavy atom. The van der Waals surface area contributed by atoms with Crippen molar-refractivity contribution in [3.8, 4) is 6.07 Å². The van der Waals surface area contributed by atoms with Crippen LogP contribution in [0.5, 0.6) is 0 Å². The van der Waals surface area contributed by atoms with Crippen molar-refractivity contribution in [3.05, 3.63) is 35.9 Å². The topological polar surface area (TPSA) is 138 Å². The molecule has 1 aromatic carbocycles. The molecule has 174 valence electrons. The fourth-order valence-corrected chi connectivity index (χ4v) is 2.89. The summed E-state index contributed by atoms with van der Waals surface area (Å²) in [5.74, 6) is -2.19. The lowest BCUT2D eigenvalue weighted by atomic mass is 10.0. The number of amides is 3. The summed E-state index contributed by atoms with van der Waals surface area (Å²) >= 11 is 4.13. The van der Waals surface area contributed by atoms with Crippen LogP contribution in [-0.2, 0) is 23.9 Å². The van der Waals surface area contributed by atoms with E-state index in [1.165, 1.54) is 7.11 Å². The average Bonchev–Trinajstić information content (AvgIpc) is 2.74. The van der Waals surface area contributed by atoms with E-state index in [-0.39, 0.29) is 5.75 Å². The van der Waals surface area contributed by atoms with Crippen LogP contribution < -0.4 is 10.6 Å². The molecule has 0 aliphatic carbocycles. The number of rotatable bonds is 9. The van der Waals surface area contributed by atoms with E-state index in [9.17, 15) is 24.4 Å². The van der Waals surface area contributed by atoms with Crippen molar-refractivity contribution >= 4 is 36.5 Å². The predicted octanol–water partition coefficient (Wildman–Crippen LogP) is 1.19. The molecule has 0 aliphatic rings. The van der Waals surface area contributed by atoms with Gasteiger partial charge in [0.25, 0.3) is 0 Å². The molecule has 2 N–H and O–H groups in total. The zero-order valence-corrected chi connectivity index (χ0v) is 19.3. The Labute approximate surface area is 192 Å². The Kier molecular flexibility index (Phi) is 10.5. The summed E-state index contributed by atoms with van der Waals surface area (Å²) in [5, 5.41) is 14.2. The van der Waals surface area contributed by atoms with Gasteiger partial charge in [0.15, 0.2) is 0 Å². The number of ether oxygens (including phenoxy) is 2. The maximum absolute atomic E-state index is 13.3. The summed E-state index contributed by atoms with van der Waals surface area (Å²) < 4.78 is 9.70. The second-order valence-electron chi connectivity index (χ2n) is 7.61. The fourth-order valence-electron chi connectivity index (χ4n) is 2.64. The first-order chi connectivity index (χ1) is 15.0. The number of carbonyl (C=O) groups is 4. The number of nitrogens with one attached hydrogen (secondary N) is 2. The standard InChI is InChI=1S/C21H28N4O6S/c1-21(2,3)31-20(29)24-15(13-32)19(28)25(11-10-22)17(14-8-6-5-7-9-14)18(27)23-12-16(26)30-4/h5-9,15,17,32H,11-13H2,1-4H3,(H,23,27)(H,24,29). The van der Waals surface area contributed by atoms with E-state index in [1.807, 2.05) is 6.07 Å². The van der Waals surface area contributed by atoms with Gasteiger partial charge in [0.05, 0.1) is 13.2 Å². The molecule has 0 aliphatic heterocycles. The van der Waals surface area contributed by atoms with Crippen LogP contribution in [0.15, 0.2) is 30.3 Å². The highest BCUT2D eigenvalue weighted by Gasteiger charge is 2.35. The molecule has 0 saturated carbocycles. The van der Waals surface area contributed by atoms with E-state index in [1.54, 1.807) is 51.1 Å². The maximum atomic E-state index is 13.3. The summed E-state index contributed by atoms with van der Waals surface area (Å²) in [4.78, 5) is 50.8. The Morgan fingerprint density at radius 2 is 1.81 bits per heavy atom. The number of carbonyl (C=O) groups excluding carboxylic acids is 4. The van der Waals surface area contributed by atoms with E-state index in [2.05, 4.69) is 28.0 Å². The summed E-state index contributed by atoms with van der Waals surface area (Å²) in [5.41, 5.74) is -0.380. The van der Waals surface area contributed by atoms with E-state index < -0.39 is 54.7 Å². The number of hydrogen-bond acceptors (Lipinski definition) is 8. The van der Waals surface area contributed by atoms with Crippen LogP contribution in [0.2, 0.25) is 0 Å². The van der Waals surface area contributed by atoms with Gasteiger partial charge < -0.3 is 25.0 Å². The van der Waals surface area contributed by atoms with Crippen LogP contribution in [-0.4, -0.2) is 66.4 Å². The van der Waals surface area contributed by atoms with Gasteiger partial charge in [-0.3, -0.25) is 14.4 Å². The smallest absolute Gasteiger partial charge is 0.408 e. The summed E-state index contributed by atoms with van der Waals surface area (Å²) in [7, 11) is 1.17. The number of benzene rings is 1. The van der Waals surface area contributed by atoms with E-state index in [0.717, 1.165) is 4.90 Å². The summed E-state index contributed by atoms with van der Waals surface area (Å²) in [6, 6.07) is 7.74. The molecule has 0 spiro atoms. The van der Waals surface area contributed by atoms with Gasteiger partial charge in [0.2, 0.25) is 11.8 Å². The Hall–Kier alpha value is -3.26. The molecular formula is C21H28N4O6S. The van der Waals surface area contributed by atoms with Gasteiger partial charge in [-0.2, -0.15) is 17.9 Å². The second-order valence-corrected chi connectivity index (χ2v) is 7.98. The molecule has 32 heavy (non-hydrogen) atoms. The molecule has 10 nitrogen and oxygen atoms in total. The molecule has 1 aromatic rings. The maximum Gasteiger partial charge on any atom is 0.408 e. The monoisotopic (exact) mass is 464 g/mol. The number of esters is 1. The van der Waals surface area contributed by atoms with Gasteiger partial charge in [-0.25, -0.2) is 4.79 Å². The van der Waals surface area contributed by atoms with Gasteiger partial charge in [0, 0.05) is 5.75 Å². The van der Waals surface area contributed by atoms with Gasteiger partial charge in [-0.15, -0.1) is 0 Å². The number of methoxy groups -OCH3 is 1. The van der Waals surface area contributed by atoms with Gasteiger partial charge in [-0.05, 0) is 26.3 Å². The van der Waals surface area contributed by atoms with Crippen molar-refractivity contribution < 1.29 is 28.7 Å². The van der Waals surface area contributed by atoms with Crippen molar-refractivity contribution in [1.29, 1.82) is 5.26 Å². The molecule has 0 radical (unpaired) electrons. The first-order valence-electron chi connectivity index (χ1n) is 9.71. The summed E-state index contributed by atoms with van der Waals surface area (Å²) in [6.07, 6.45) is -0.840. The molecule has 11 heteroatoms. The van der Waals surface area contributed by atoms with Crippen molar-refractivity contribution in [3.63, 3.8) is 0 Å². The lowest BCUT2D eigenvalue weighted by molar-refractivity contribution is -0.144. The third kappa shape index (κ3) is 8.47. The lowest BCUT2D eigenvalue weighted by Gasteiger charge is -2.32. The third-order valence-electron chi connectivity index (χ3n) is 4.01. The Bertz CT molecular complexity index is 850. The number of alkyl carbamates (subject to hydrolysis) is 1. The van der Waals surface area contributed by atoms with Crippen molar-refractivity contribution in [1.82, 2.24) is 15.5 Å². The Morgan fingerprint density at radius 3 is 2.31 bits per heavy atom. The molecule has 2 unspecified atom stereocenters. The summed E-state index contributed by atoms with van der Waals surface area (Å²) in [6.45, 7) is 4.14. The van der Waals surface area contributed by atoms with Crippen molar-refractivity contribution in [2.45, 2.75) is 38.5 Å². The minimum absolute atomic E-state index is 0.106. The number of hydrogen-bond donors (Lipinski definition) is 3. The highest BCUT2D eigenvalue weighted by atomic mass is 32.1. The highest BCUT2D eigenvalue weighted by Crippen LogP contribution is 2.22. The van der Waals surface area contributed by atoms with E-state index in [4.69, 9.17) is 4.74 Å². The molecule has 3 amide bonds. The zero-order chi connectivity index (χ0) is 24.3. The first kappa shape index (κ1) is 26.8. The van der Waals surface area contributed by atoms with E-state index >= 15 is 0 Å². The first-order valence-corrected chi connectivity index (χ1v) is 10.3. The molecule has 0 aromatic heterocycles. The van der Waals surface area contributed by atoms with Gasteiger partial charge in [-0.1, -0.05) is 30.3 Å². The predicted molar refractivity (Wildman–Crippen MR) is 119 cm³/mol. The van der Waals surface area contributed by atoms with Crippen LogP contribution >= 0.6 is 12.6 Å². The van der Waals surface area contributed by atoms with E-state index in [0.29, 0.717) is 5.56 Å². The molecule has 0 bridgehead atoms. The largest absolute Gasteiger partial charge is 0.468 e.